The third-order valence-corrected chi connectivity index (χ3v) is 2.84. The Labute approximate surface area is 141 Å². The van der Waals surface area contributed by atoms with Crippen LogP contribution >= 0.6 is 0 Å². The normalized spacial score (nSPS) is 10.4. The number of carbonyl (C=O) groups is 3. The number of carbonyl (C=O) groups excluding carboxylic acids is 3. The van der Waals surface area contributed by atoms with Gasteiger partial charge in [-0.1, -0.05) is 12.1 Å². The van der Waals surface area contributed by atoms with Gasteiger partial charge in [0.05, 0.1) is 0 Å². The monoisotopic (exact) mass is 356 g/mol. The topological polar surface area (TPSA) is 150 Å². The van der Waals surface area contributed by atoms with Gasteiger partial charge >= 0.3 is 24.1 Å². The molecule has 0 unspecified atom stereocenters. The summed E-state index contributed by atoms with van der Waals surface area (Å²) in [5.41, 5.74) is 0.695. The molecule has 0 saturated carbocycles. The van der Waals surface area contributed by atoms with E-state index in [1.165, 1.54) is 12.1 Å². The van der Waals surface area contributed by atoms with Gasteiger partial charge in [-0.3, -0.25) is 4.79 Å². The number of hydrogen-bond acceptors (Lipinski definition) is 5. The lowest BCUT2D eigenvalue weighted by Gasteiger charge is -2.14. The molecule has 0 radical (unpaired) electrons. The number of aliphatic carboxylic acids is 2. The summed E-state index contributed by atoms with van der Waals surface area (Å²) in [7, 11) is 0. The average Bonchev–Trinajstić information content (AvgIpc) is 2.52. The molecule has 4 N–H and O–H groups in total. The van der Waals surface area contributed by atoms with Gasteiger partial charge in [-0.2, -0.15) is 9.59 Å². The predicted octanol–water partition coefficient (Wildman–Crippen LogP) is 0.402. The Hall–Kier alpha value is -3.26. The van der Waals surface area contributed by atoms with E-state index in [4.69, 9.17) is 19.8 Å². The Bertz CT molecular complexity index is 630. The fourth-order valence-corrected chi connectivity index (χ4v) is 1.75. The maximum Gasteiger partial charge on any atom is 0.373 e. The first-order chi connectivity index (χ1) is 11.8. The van der Waals surface area contributed by atoms with Crippen LogP contribution in [0.3, 0.4) is 0 Å². The first-order valence-corrected chi connectivity index (χ1v) is 7.02. The number of rotatable bonds is 8. The Morgan fingerprint density at radius 3 is 2.36 bits per heavy atom. The molecule has 0 heterocycles. The number of nitrogens with one attached hydrogen (secondary N) is 2. The summed E-state index contributed by atoms with van der Waals surface area (Å²) in [4.78, 5) is 49.1. The highest BCUT2D eigenvalue weighted by atomic mass is 19.1. The second-order valence-corrected chi connectivity index (χ2v) is 4.69. The van der Waals surface area contributed by atoms with Gasteiger partial charge in [0.15, 0.2) is 0 Å². The van der Waals surface area contributed by atoms with Gasteiger partial charge < -0.3 is 20.8 Å². The van der Waals surface area contributed by atoms with Crippen LogP contribution in [-0.4, -0.2) is 46.9 Å². The van der Waals surface area contributed by atoms with Crippen molar-refractivity contribution in [2.24, 2.45) is 0 Å². The van der Waals surface area contributed by atoms with Crippen molar-refractivity contribution in [3.05, 3.63) is 35.6 Å². The summed E-state index contributed by atoms with van der Waals surface area (Å²) in [6.45, 7) is 0.195. The number of benzene rings is 1. The van der Waals surface area contributed by atoms with Crippen LogP contribution in [0.1, 0.15) is 18.4 Å². The van der Waals surface area contributed by atoms with E-state index in [2.05, 4.69) is 10.6 Å². The predicted molar refractivity (Wildman–Crippen MR) is 79.9 cm³/mol. The second kappa shape index (κ2) is 12.2. The highest BCUT2D eigenvalue weighted by Crippen LogP contribution is 2.03. The molecule has 0 aromatic heterocycles. The number of amides is 2. The average molecular weight is 356 g/mol. The van der Waals surface area contributed by atoms with E-state index in [0.29, 0.717) is 12.0 Å². The van der Waals surface area contributed by atoms with Crippen LogP contribution in [0, 0.1) is 5.82 Å². The number of carboxylic acid groups (broad SMARTS) is 2. The van der Waals surface area contributed by atoms with Crippen molar-refractivity contribution in [3.63, 3.8) is 0 Å². The Morgan fingerprint density at radius 2 is 1.84 bits per heavy atom. The highest BCUT2D eigenvalue weighted by Gasteiger charge is 2.20. The SMILES string of the molecule is O=C(O)CC[C@H](NC(=O)NCCc1cccc(F)c1)C(=O)O.O=C=O. The lowest BCUT2D eigenvalue weighted by Crippen LogP contribution is -2.46. The van der Waals surface area contributed by atoms with Crippen LogP contribution in [-0.2, 0) is 25.6 Å². The van der Waals surface area contributed by atoms with Crippen molar-refractivity contribution >= 4 is 24.1 Å². The molecule has 2 amide bonds. The third kappa shape index (κ3) is 11.0. The zero-order chi connectivity index (χ0) is 19.2. The first-order valence-electron chi connectivity index (χ1n) is 7.02. The highest BCUT2D eigenvalue weighted by molar-refractivity contribution is 5.82. The molecule has 0 bridgehead atoms. The van der Waals surface area contributed by atoms with Crippen molar-refractivity contribution in [2.45, 2.75) is 25.3 Å². The van der Waals surface area contributed by atoms with Crippen molar-refractivity contribution in [1.29, 1.82) is 0 Å². The quantitative estimate of drug-likeness (QED) is 0.526. The van der Waals surface area contributed by atoms with Crippen molar-refractivity contribution in [2.75, 3.05) is 6.54 Å². The summed E-state index contributed by atoms with van der Waals surface area (Å²) < 4.78 is 13.0. The van der Waals surface area contributed by atoms with Gasteiger partial charge in [0, 0.05) is 13.0 Å². The van der Waals surface area contributed by atoms with E-state index in [9.17, 15) is 18.8 Å². The zero-order valence-corrected chi connectivity index (χ0v) is 13.0. The van der Waals surface area contributed by atoms with Gasteiger partial charge in [-0.25, -0.2) is 14.0 Å². The fraction of sp³-hybridized carbons (Fsp3) is 0.333. The molecule has 136 valence electrons. The molecule has 9 nitrogen and oxygen atoms in total. The standard InChI is InChI=1S/C14H17FN2O5.CO2/c15-10-3-1-2-9(8-10)6-7-16-14(22)17-11(13(20)21)4-5-12(18)19;2-1-3/h1-3,8,11H,4-7H2,(H,18,19)(H,20,21)(H2,16,17,22);/t11-;/m0./s1. The summed E-state index contributed by atoms with van der Waals surface area (Å²) in [6.07, 6.45) is 0.0700. The van der Waals surface area contributed by atoms with Crippen LogP contribution in [0.2, 0.25) is 0 Å². The smallest absolute Gasteiger partial charge is 0.373 e. The number of halogens is 1. The number of hydrogen-bond donors (Lipinski definition) is 4. The molecule has 0 spiro atoms. The van der Waals surface area contributed by atoms with E-state index < -0.39 is 24.0 Å². The minimum Gasteiger partial charge on any atom is -0.481 e. The molecule has 0 fully saturated rings. The van der Waals surface area contributed by atoms with Crippen molar-refractivity contribution in [3.8, 4) is 0 Å². The molecule has 1 aromatic carbocycles. The van der Waals surface area contributed by atoms with Gasteiger partial charge in [0.25, 0.3) is 0 Å². The number of urea groups is 1. The lowest BCUT2D eigenvalue weighted by molar-refractivity contribution is -0.191. The van der Waals surface area contributed by atoms with Crippen LogP contribution in [0.25, 0.3) is 0 Å². The van der Waals surface area contributed by atoms with Crippen molar-refractivity contribution < 1.29 is 38.6 Å². The van der Waals surface area contributed by atoms with Gasteiger partial charge in [-0.05, 0) is 30.5 Å². The maximum atomic E-state index is 13.0. The Balaban J connectivity index is 0.00000178. The third-order valence-electron chi connectivity index (χ3n) is 2.84. The summed E-state index contributed by atoms with van der Waals surface area (Å²) in [5, 5.41) is 22.0. The summed E-state index contributed by atoms with van der Waals surface area (Å²) >= 11 is 0. The summed E-state index contributed by atoms with van der Waals surface area (Å²) in [5.74, 6) is -2.82. The fourth-order valence-electron chi connectivity index (χ4n) is 1.75. The molecular formula is C15H17FN2O7. The molecule has 0 saturated heterocycles. The zero-order valence-electron chi connectivity index (χ0n) is 13.0. The largest absolute Gasteiger partial charge is 0.481 e. The second-order valence-electron chi connectivity index (χ2n) is 4.69. The molecule has 1 rings (SSSR count). The van der Waals surface area contributed by atoms with Crippen LogP contribution in [0.15, 0.2) is 24.3 Å². The molecule has 0 aliphatic carbocycles. The molecule has 1 atom stereocenters. The Kier molecular flexibility index (Phi) is 10.6. The molecule has 10 heteroatoms. The van der Waals surface area contributed by atoms with E-state index in [1.54, 1.807) is 12.1 Å². The minimum absolute atomic E-state index is 0.195. The van der Waals surface area contributed by atoms with E-state index in [1.807, 2.05) is 0 Å². The van der Waals surface area contributed by atoms with Crippen LogP contribution in [0.4, 0.5) is 9.18 Å². The van der Waals surface area contributed by atoms with E-state index >= 15 is 0 Å². The molecule has 0 aliphatic rings. The molecular weight excluding hydrogens is 339 g/mol. The summed E-state index contributed by atoms with van der Waals surface area (Å²) in [6, 6.07) is 3.92. The van der Waals surface area contributed by atoms with Crippen LogP contribution < -0.4 is 10.6 Å². The lowest BCUT2D eigenvalue weighted by atomic mass is 10.1. The van der Waals surface area contributed by atoms with Crippen molar-refractivity contribution in [1.82, 2.24) is 10.6 Å². The number of carboxylic acids is 2. The molecule has 0 aliphatic heterocycles. The van der Waals surface area contributed by atoms with E-state index in [-0.39, 0.29) is 31.4 Å². The minimum atomic E-state index is -1.30. The maximum absolute atomic E-state index is 13.0. The van der Waals surface area contributed by atoms with Gasteiger partial charge in [0.2, 0.25) is 0 Å². The molecule has 25 heavy (non-hydrogen) atoms. The van der Waals surface area contributed by atoms with Gasteiger partial charge in [-0.15, -0.1) is 0 Å². The van der Waals surface area contributed by atoms with Crippen LogP contribution in [0.5, 0.6) is 0 Å². The van der Waals surface area contributed by atoms with Gasteiger partial charge in [0.1, 0.15) is 11.9 Å². The van der Waals surface area contributed by atoms with E-state index in [0.717, 1.165) is 0 Å². The first kappa shape index (κ1) is 21.7. The Morgan fingerprint density at radius 1 is 1.20 bits per heavy atom. The molecule has 1 aromatic rings.